The standard InChI is InChI=1S/C11H12BrNO3/c1-7-9(12)4-5-10(11(7)13(14)15)16-6-8-2-3-8/h4-5,8H,2-3,6H2,1H3. The number of nitrogens with zero attached hydrogens (tertiary/aromatic N) is 1. The predicted octanol–water partition coefficient (Wildman–Crippen LogP) is 3.45. The van der Waals surface area contributed by atoms with E-state index in [1.54, 1.807) is 19.1 Å². The molecular formula is C11H12BrNO3. The summed E-state index contributed by atoms with van der Waals surface area (Å²) in [6.45, 7) is 2.30. The van der Waals surface area contributed by atoms with Gasteiger partial charge in [-0.15, -0.1) is 0 Å². The van der Waals surface area contributed by atoms with Crippen LogP contribution in [0.5, 0.6) is 5.75 Å². The van der Waals surface area contributed by atoms with E-state index in [-0.39, 0.29) is 10.6 Å². The molecule has 0 N–H and O–H groups in total. The first kappa shape index (κ1) is 11.4. The topological polar surface area (TPSA) is 52.4 Å². The Hall–Kier alpha value is -1.10. The van der Waals surface area contributed by atoms with Gasteiger partial charge in [-0.25, -0.2) is 0 Å². The highest BCUT2D eigenvalue weighted by molar-refractivity contribution is 9.10. The van der Waals surface area contributed by atoms with E-state index in [9.17, 15) is 10.1 Å². The molecule has 5 heteroatoms. The molecule has 0 radical (unpaired) electrons. The first-order valence-corrected chi connectivity index (χ1v) is 5.95. The van der Waals surface area contributed by atoms with E-state index in [0.717, 1.165) is 4.47 Å². The van der Waals surface area contributed by atoms with Gasteiger partial charge >= 0.3 is 5.69 Å². The van der Waals surface area contributed by atoms with Gasteiger partial charge in [-0.05, 0) is 37.8 Å². The molecule has 1 saturated carbocycles. The molecule has 1 aliphatic carbocycles. The number of benzene rings is 1. The van der Waals surface area contributed by atoms with E-state index < -0.39 is 0 Å². The van der Waals surface area contributed by atoms with Crippen LogP contribution in [0.2, 0.25) is 0 Å². The van der Waals surface area contributed by atoms with Crippen LogP contribution in [0.1, 0.15) is 18.4 Å². The Morgan fingerprint density at radius 1 is 1.56 bits per heavy atom. The van der Waals surface area contributed by atoms with Crippen LogP contribution in [-0.2, 0) is 0 Å². The number of hydrogen-bond donors (Lipinski definition) is 0. The molecule has 1 aliphatic rings. The second-order valence-corrected chi connectivity index (χ2v) is 4.88. The van der Waals surface area contributed by atoms with Gasteiger partial charge in [0.1, 0.15) is 0 Å². The minimum Gasteiger partial charge on any atom is -0.487 e. The summed E-state index contributed by atoms with van der Waals surface area (Å²) in [6, 6.07) is 3.43. The molecular weight excluding hydrogens is 274 g/mol. The van der Waals surface area contributed by atoms with Crippen LogP contribution in [0, 0.1) is 23.0 Å². The zero-order valence-electron chi connectivity index (χ0n) is 8.90. The lowest BCUT2D eigenvalue weighted by Gasteiger charge is -2.08. The maximum atomic E-state index is 11.0. The first-order valence-electron chi connectivity index (χ1n) is 5.16. The molecule has 4 nitrogen and oxygen atoms in total. The summed E-state index contributed by atoms with van der Waals surface area (Å²) in [5.74, 6) is 0.959. The molecule has 2 rings (SSSR count). The minimum absolute atomic E-state index is 0.0648. The number of nitro groups is 1. The van der Waals surface area contributed by atoms with E-state index in [1.165, 1.54) is 12.8 Å². The summed E-state index contributed by atoms with van der Waals surface area (Å²) in [5, 5.41) is 11.0. The molecule has 0 aromatic heterocycles. The zero-order chi connectivity index (χ0) is 11.7. The lowest BCUT2D eigenvalue weighted by Crippen LogP contribution is -2.03. The van der Waals surface area contributed by atoms with Crippen molar-refractivity contribution in [3.8, 4) is 5.75 Å². The molecule has 1 fully saturated rings. The van der Waals surface area contributed by atoms with Crippen molar-refractivity contribution in [2.75, 3.05) is 6.61 Å². The molecule has 0 amide bonds. The van der Waals surface area contributed by atoms with Gasteiger partial charge < -0.3 is 4.74 Å². The molecule has 0 spiro atoms. The van der Waals surface area contributed by atoms with Crippen LogP contribution in [0.15, 0.2) is 16.6 Å². The first-order chi connectivity index (χ1) is 7.59. The van der Waals surface area contributed by atoms with Crippen LogP contribution in [0.25, 0.3) is 0 Å². The van der Waals surface area contributed by atoms with Crippen LogP contribution in [0.3, 0.4) is 0 Å². The van der Waals surface area contributed by atoms with E-state index in [4.69, 9.17) is 4.74 Å². The van der Waals surface area contributed by atoms with Crippen molar-refractivity contribution < 1.29 is 9.66 Å². The molecule has 0 atom stereocenters. The Kier molecular flexibility index (Phi) is 3.14. The molecule has 0 saturated heterocycles. The number of nitro benzene ring substituents is 1. The van der Waals surface area contributed by atoms with Crippen molar-refractivity contribution in [3.63, 3.8) is 0 Å². The second kappa shape index (κ2) is 4.41. The normalized spacial score (nSPS) is 14.9. The van der Waals surface area contributed by atoms with Gasteiger partial charge in [0.05, 0.1) is 11.5 Å². The van der Waals surface area contributed by atoms with E-state index >= 15 is 0 Å². The van der Waals surface area contributed by atoms with Gasteiger partial charge in [0.25, 0.3) is 0 Å². The largest absolute Gasteiger partial charge is 0.487 e. The highest BCUT2D eigenvalue weighted by Gasteiger charge is 2.25. The summed E-state index contributed by atoms with van der Waals surface area (Å²) < 4.78 is 6.23. The van der Waals surface area contributed by atoms with Gasteiger partial charge in [0, 0.05) is 10.0 Å². The summed E-state index contributed by atoms with van der Waals surface area (Å²) in [6.07, 6.45) is 2.34. The minimum atomic E-state index is -0.387. The van der Waals surface area contributed by atoms with Crippen molar-refractivity contribution >= 4 is 21.6 Å². The van der Waals surface area contributed by atoms with E-state index in [0.29, 0.717) is 23.8 Å². The van der Waals surface area contributed by atoms with Crippen LogP contribution in [0.4, 0.5) is 5.69 Å². The fraction of sp³-hybridized carbons (Fsp3) is 0.455. The van der Waals surface area contributed by atoms with Crippen LogP contribution < -0.4 is 4.74 Å². The van der Waals surface area contributed by atoms with Gasteiger partial charge in [0.2, 0.25) is 0 Å². The highest BCUT2D eigenvalue weighted by atomic mass is 79.9. The maximum Gasteiger partial charge on any atom is 0.314 e. The maximum absolute atomic E-state index is 11.0. The fourth-order valence-corrected chi connectivity index (χ4v) is 1.81. The van der Waals surface area contributed by atoms with Gasteiger partial charge in [-0.1, -0.05) is 15.9 Å². The third-order valence-electron chi connectivity index (χ3n) is 2.68. The quantitative estimate of drug-likeness (QED) is 0.629. The molecule has 0 bridgehead atoms. The summed E-state index contributed by atoms with van der Waals surface area (Å²) in [4.78, 5) is 10.6. The van der Waals surface area contributed by atoms with Crippen LogP contribution in [-0.4, -0.2) is 11.5 Å². The molecule has 0 unspecified atom stereocenters. The van der Waals surface area contributed by atoms with Crippen molar-refractivity contribution in [2.45, 2.75) is 19.8 Å². The average molecular weight is 286 g/mol. The molecule has 0 aliphatic heterocycles. The lowest BCUT2D eigenvalue weighted by atomic mass is 10.2. The Labute approximate surface area is 102 Å². The molecule has 1 aromatic rings. The highest BCUT2D eigenvalue weighted by Crippen LogP contribution is 2.37. The monoisotopic (exact) mass is 285 g/mol. The van der Waals surface area contributed by atoms with E-state index in [1.807, 2.05) is 0 Å². The fourth-order valence-electron chi connectivity index (χ4n) is 1.49. The lowest BCUT2D eigenvalue weighted by molar-refractivity contribution is -0.386. The van der Waals surface area contributed by atoms with Crippen LogP contribution >= 0.6 is 15.9 Å². The third-order valence-corrected chi connectivity index (χ3v) is 3.54. The predicted molar refractivity (Wildman–Crippen MR) is 63.8 cm³/mol. The van der Waals surface area contributed by atoms with Crippen molar-refractivity contribution in [1.29, 1.82) is 0 Å². The Morgan fingerprint density at radius 3 is 2.81 bits per heavy atom. The molecule has 0 heterocycles. The van der Waals surface area contributed by atoms with Gasteiger partial charge in [-0.3, -0.25) is 10.1 Å². The smallest absolute Gasteiger partial charge is 0.314 e. The average Bonchev–Trinajstić information content (AvgIpc) is 3.03. The number of rotatable bonds is 4. The Morgan fingerprint density at radius 2 is 2.25 bits per heavy atom. The molecule has 16 heavy (non-hydrogen) atoms. The SMILES string of the molecule is Cc1c(Br)ccc(OCC2CC2)c1[N+](=O)[O-]. The molecule has 1 aromatic carbocycles. The van der Waals surface area contributed by atoms with E-state index in [2.05, 4.69) is 15.9 Å². The zero-order valence-corrected chi connectivity index (χ0v) is 10.5. The van der Waals surface area contributed by atoms with Crippen molar-refractivity contribution in [3.05, 3.63) is 32.3 Å². The number of ether oxygens (including phenoxy) is 1. The van der Waals surface area contributed by atoms with Gasteiger partial charge in [-0.2, -0.15) is 0 Å². The Balaban J connectivity index is 2.27. The molecule has 86 valence electrons. The second-order valence-electron chi connectivity index (χ2n) is 4.03. The number of halogens is 1. The summed E-state index contributed by atoms with van der Waals surface area (Å²) in [7, 11) is 0. The third kappa shape index (κ3) is 2.35. The van der Waals surface area contributed by atoms with Crippen molar-refractivity contribution in [2.24, 2.45) is 5.92 Å². The summed E-state index contributed by atoms with van der Waals surface area (Å²) >= 11 is 3.28. The summed E-state index contributed by atoms with van der Waals surface area (Å²) in [5.41, 5.74) is 0.674. The van der Waals surface area contributed by atoms with Gasteiger partial charge in [0.15, 0.2) is 5.75 Å². The van der Waals surface area contributed by atoms with Crippen molar-refractivity contribution in [1.82, 2.24) is 0 Å². The number of hydrogen-bond acceptors (Lipinski definition) is 3. The Bertz CT molecular complexity index is 429.